The van der Waals surface area contributed by atoms with Crippen molar-refractivity contribution < 1.29 is 9.90 Å². The number of aromatic hydroxyl groups is 1. The summed E-state index contributed by atoms with van der Waals surface area (Å²) >= 11 is 0. The van der Waals surface area contributed by atoms with Crippen molar-refractivity contribution in [3.63, 3.8) is 0 Å². The van der Waals surface area contributed by atoms with E-state index in [0.717, 1.165) is 16.5 Å². The van der Waals surface area contributed by atoms with Gasteiger partial charge in [-0.05, 0) is 23.8 Å². The van der Waals surface area contributed by atoms with Crippen LogP contribution in [0.1, 0.15) is 5.56 Å². The Morgan fingerprint density at radius 3 is 2.70 bits per heavy atom. The lowest BCUT2D eigenvalue weighted by molar-refractivity contribution is -0.115. The molecule has 0 aliphatic heterocycles. The van der Waals surface area contributed by atoms with Gasteiger partial charge in [0.25, 0.3) is 0 Å². The number of phenolic OH excluding ortho intramolecular Hbond substituents is 1. The second kappa shape index (κ2) is 5.09. The second-order valence-corrected chi connectivity index (χ2v) is 4.60. The minimum atomic E-state index is -0.156. The monoisotopic (exact) mass is 266 g/mol. The molecular weight excluding hydrogens is 252 g/mol. The molecule has 0 saturated carbocycles. The molecule has 0 unspecified atom stereocenters. The summed E-state index contributed by atoms with van der Waals surface area (Å²) in [5.74, 6) is -0.0870. The number of benzene rings is 2. The number of phenols is 1. The van der Waals surface area contributed by atoms with Gasteiger partial charge in [0.15, 0.2) is 0 Å². The molecule has 1 heterocycles. The first kappa shape index (κ1) is 12.3. The van der Waals surface area contributed by atoms with Gasteiger partial charge in [-0.2, -0.15) is 0 Å². The van der Waals surface area contributed by atoms with Crippen LogP contribution in [-0.2, 0) is 11.2 Å². The van der Waals surface area contributed by atoms with Crippen molar-refractivity contribution in [3.8, 4) is 5.75 Å². The number of hydrogen-bond acceptors (Lipinski definition) is 2. The Balaban J connectivity index is 1.78. The summed E-state index contributed by atoms with van der Waals surface area (Å²) in [7, 11) is 0. The summed E-state index contributed by atoms with van der Waals surface area (Å²) in [5.41, 5.74) is 2.38. The molecule has 0 atom stereocenters. The quantitative estimate of drug-likeness (QED) is 0.638. The Bertz CT molecular complexity index is 762. The number of hydrogen-bond donors (Lipinski definition) is 3. The molecule has 20 heavy (non-hydrogen) atoms. The van der Waals surface area contributed by atoms with Crippen LogP contribution in [0.15, 0.2) is 54.7 Å². The van der Waals surface area contributed by atoms with E-state index in [9.17, 15) is 9.90 Å². The zero-order chi connectivity index (χ0) is 13.9. The molecule has 0 saturated heterocycles. The number of rotatable bonds is 3. The van der Waals surface area contributed by atoms with Gasteiger partial charge in [-0.25, -0.2) is 0 Å². The Morgan fingerprint density at radius 2 is 1.85 bits per heavy atom. The molecular formula is C16H14N2O2. The smallest absolute Gasteiger partial charge is 0.228 e. The maximum absolute atomic E-state index is 12.0. The summed E-state index contributed by atoms with van der Waals surface area (Å²) < 4.78 is 0. The largest absolute Gasteiger partial charge is 0.506 e. The van der Waals surface area contributed by atoms with E-state index < -0.39 is 0 Å². The van der Waals surface area contributed by atoms with Crippen LogP contribution >= 0.6 is 0 Å². The van der Waals surface area contributed by atoms with Crippen LogP contribution in [0, 0.1) is 0 Å². The van der Waals surface area contributed by atoms with Gasteiger partial charge in [-0.3, -0.25) is 4.79 Å². The number of para-hydroxylation sites is 3. The summed E-state index contributed by atoms with van der Waals surface area (Å²) in [6.45, 7) is 0. The molecule has 0 bridgehead atoms. The van der Waals surface area contributed by atoms with E-state index in [2.05, 4.69) is 10.3 Å². The Hall–Kier alpha value is -2.75. The van der Waals surface area contributed by atoms with Gasteiger partial charge in [0.05, 0.1) is 12.1 Å². The van der Waals surface area contributed by atoms with E-state index >= 15 is 0 Å². The molecule has 4 nitrogen and oxygen atoms in total. The SMILES string of the molecule is O=C(Cc1c[nH]c2ccccc12)Nc1ccccc1O. The molecule has 0 spiro atoms. The lowest BCUT2D eigenvalue weighted by atomic mass is 10.1. The molecule has 4 heteroatoms. The Morgan fingerprint density at radius 1 is 1.10 bits per heavy atom. The van der Waals surface area contributed by atoms with Crippen molar-refractivity contribution in [1.82, 2.24) is 4.98 Å². The van der Waals surface area contributed by atoms with Gasteiger partial charge in [0.1, 0.15) is 5.75 Å². The number of aromatic amines is 1. The highest BCUT2D eigenvalue weighted by molar-refractivity contribution is 5.96. The molecule has 1 amide bonds. The zero-order valence-corrected chi connectivity index (χ0v) is 10.8. The molecule has 0 radical (unpaired) electrons. The Labute approximate surface area is 116 Å². The topological polar surface area (TPSA) is 65.1 Å². The number of carbonyl (C=O) groups is 1. The summed E-state index contributed by atoms with van der Waals surface area (Å²) in [4.78, 5) is 15.2. The van der Waals surface area contributed by atoms with Crippen LogP contribution < -0.4 is 5.32 Å². The molecule has 0 fully saturated rings. The molecule has 3 aromatic rings. The highest BCUT2D eigenvalue weighted by atomic mass is 16.3. The van der Waals surface area contributed by atoms with E-state index in [1.54, 1.807) is 24.3 Å². The van der Waals surface area contributed by atoms with Gasteiger partial charge in [-0.1, -0.05) is 30.3 Å². The number of amides is 1. The summed E-state index contributed by atoms with van der Waals surface area (Å²) in [6, 6.07) is 14.5. The Kier molecular flexibility index (Phi) is 3.13. The fourth-order valence-corrected chi connectivity index (χ4v) is 2.22. The van der Waals surface area contributed by atoms with Gasteiger partial charge in [-0.15, -0.1) is 0 Å². The van der Waals surface area contributed by atoms with Crippen molar-refractivity contribution in [2.45, 2.75) is 6.42 Å². The lowest BCUT2D eigenvalue weighted by Crippen LogP contribution is -2.14. The zero-order valence-electron chi connectivity index (χ0n) is 10.8. The molecule has 3 N–H and O–H groups in total. The van der Waals surface area contributed by atoms with Crippen LogP contribution in [0.25, 0.3) is 10.9 Å². The van der Waals surface area contributed by atoms with Crippen molar-refractivity contribution in [2.75, 3.05) is 5.32 Å². The normalized spacial score (nSPS) is 10.6. The molecule has 1 aromatic heterocycles. The first-order chi connectivity index (χ1) is 9.74. The van der Waals surface area contributed by atoms with Crippen molar-refractivity contribution >= 4 is 22.5 Å². The van der Waals surface area contributed by atoms with Crippen molar-refractivity contribution in [3.05, 3.63) is 60.3 Å². The maximum Gasteiger partial charge on any atom is 0.228 e. The highest BCUT2D eigenvalue weighted by Gasteiger charge is 2.10. The number of fused-ring (bicyclic) bond motifs is 1. The average molecular weight is 266 g/mol. The van der Waals surface area contributed by atoms with Crippen LogP contribution in [0.3, 0.4) is 0 Å². The third kappa shape index (κ3) is 2.36. The van der Waals surface area contributed by atoms with Gasteiger partial charge in [0, 0.05) is 17.1 Å². The number of H-pyrrole nitrogens is 1. The predicted octanol–water partition coefficient (Wildman–Crippen LogP) is 3.05. The average Bonchev–Trinajstić information content (AvgIpc) is 2.85. The molecule has 3 rings (SSSR count). The second-order valence-electron chi connectivity index (χ2n) is 4.60. The van der Waals surface area contributed by atoms with Gasteiger partial charge in [0.2, 0.25) is 5.91 Å². The molecule has 2 aromatic carbocycles. The van der Waals surface area contributed by atoms with Crippen molar-refractivity contribution in [2.24, 2.45) is 0 Å². The highest BCUT2D eigenvalue weighted by Crippen LogP contribution is 2.23. The van der Waals surface area contributed by atoms with Gasteiger partial charge >= 0.3 is 0 Å². The van der Waals surface area contributed by atoms with E-state index in [4.69, 9.17) is 0 Å². The van der Waals surface area contributed by atoms with Crippen LogP contribution in [-0.4, -0.2) is 16.0 Å². The van der Waals surface area contributed by atoms with E-state index in [1.807, 2.05) is 30.5 Å². The summed E-state index contributed by atoms with van der Waals surface area (Å²) in [5, 5.41) is 13.4. The first-order valence-electron chi connectivity index (χ1n) is 6.37. The number of carbonyl (C=O) groups excluding carboxylic acids is 1. The fourth-order valence-electron chi connectivity index (χ4n) is 2.22. The predicted molar refractivity (Wildman–Crippen MR) is 78.7 cm³/mol. The third-order valence-electron chi connectivity index (χ3n) is 3.20. The molecule has 0 aliphatic rings. The summed E-state index contributed by atoms with van der Waals surface area (Å²) in [6.07, 6.45) is 2.10. The standard InChI is InChI=1S/C16H14N2O2/c19-15-8-4-3-7-14(15)18-16(20)9-11-10-17-13-6-2-1-5-12(11)13/h1-8,10,17,19H,9H2,(H,18,20). The molecule has 100 valence electrons. The van der Waals surface area contributed by atoms with Crippen LogP contribution in [0.4, 0.5) is 5.69 Å². The van der Waals surface area contributed by atoms with Gasteiger partial charge < -0.3 is 15.4 Å². The molecule has 0 aliphatic carbocycles. The fraction of sp³-hybridized carbons (Fsp3) is 0.0625. The van der Waals surface area contributed by atoms with Crippen LogP contribution in [0.5, 0.6) is 5.75 Å². The number of anilines is 1. The lowest BCUT2D eigenvalue weighted by Gasteiger charge is -2.06. The van der Waals surface area contributed by atoms with Crippen molar-refractivity contribution in [1.29, 1.82) is 0 Å². The first-order valence-corrected chi connectivity index (χ1v) is 6.37. The number of aromatic nitrogens is 1. The third-order valence-corrected chi connectivity index (χ3v) is 3.20. The van der Waals surface area contributed by atoms with Crippen LogP contribution in [0.2, 0.25) is 0 Å². The minimum absolute atomic E-state index is 0.0692. The number of nitrogens with one attached hydrogen (secondary N) is 2. The maximum atomic E-state index is 12.0. The van der Waals surface area contributed by atoms with E-state index in [0.29, 0.717) is 5.69 Å². The van der Waals surface area contributed by atoms with E-state index in [-0.39, 0.29) is 18.1 Å². The van der Waals surface area contributed by atoms with E-state index in [1.165, 1.54) is 0 Å². The minimum Gasteiger partial charge on any atom is -0.506 e.